The monoisotopic (exact) mass is 1920 g/mol. The van der Waals surface area contributed by atoms with Crippen LogP contribution >= 0.6 is 169 Å². The molecule has 0 amide bonds. The number of hydrogen-bond acceptors (Lipinski definition) is 12. The zero-order chi connectivity index (χ0) is 85.6. The molecule has 624 valence electrons. The van der Waals surface area contributed by atoms with Crippen LogP contribution in [0.2, 0.25) is 0 Å². The molecule has 17 aromatic rings. The third-order valence-electron chi connectivity index (χ3n) is 19.0. The van der Waals surface area contributed by atoms with Gasteiger partial charge in [-0.2, -0.15) is 11.3 Å². The number of aldehydes is 2. The molecule has 18 rings (SSSR count). The fourth-order valence-electron chi connectivity index (χ4n) is 13.4. The Balaban J connectivity index is 0.000000191. The topological polar surface area (TPSA) is 74.3 Å². The van der Waals surface area contributed by atoms with E-state index in [0.29, 0.717) is 33.8 Å². The van der Waals surface area contributed by atoms with Crippen molar-refractivity contribution in [3.05, 3.63) is 449 Å². The second kappa shape index (κ2) is 51.6. The molecule has 21 heteroatoms. The van der Waals surface area contributed by atoms with E-state index in [1.165, 1.54) is 118 Å². The van der Waals surface area contributed by atoms with Gasteiger partial charge in [0.05, 0.1) is 21.5 Å². The standard InChI is InChI=1S/C42H36Cl2P2S.C24H16S4.C18H15P.C6H6Cl2S.C6H4O2S.C4H4S.C2H5O.CH2O.ClH.Li/c43-45(35-19-7-1-8-20-35,36-21-9-2-10-22-36,37-23-11-3-12-24-37)33-41-31-32-42(47-41)34-46(44,38-25-13-4-14-26-38,39-27-15-5-16-28-39)40-29-17-6-18-30-40;1-2-18-11-12-20-5-6-22(27-20)15-16-24-8-7-23(28-24)14-13-21-4-3-19(26-21)10-9-17(1)25-18;1-4-10-16(11-5-1)19(17-12-6-2-7-13-17)18-14-8-3-9-15-18;2*7-3-5-1-2-6(4-8)9-5;1-2-4-5-3-1;1-2-3;1-2;;/h1-32H,33-34H2;1-16H;1-15H;1-2H,3-4H2;1-4H;1-4H;2H2,1H3;1H2;1H;/q;;;;;;-1;;;+1/b;10-9-,12-11-,14-13-,16-15-,17-9?,18-11?,19-10?,20-12?,21-13?,22-15?,23-14?,24-16?;;;;;;;;. The summed E-state index contributed by atoms with van der Waals surface area (Å²) >= 11 is 41.8. The average molecular weight is 1920 g/mol. The van der Waals surface area contributed by atoms with Crippen molar-refractivity contribution in [2.75, 3.05) is 6.61 Å². The first kappa shape index (κ1) is 99.6. The molecular weight excluding hydrogens is 1830 g/mol. The molecule has 0 N–H and O–H groups in total. The molecule has 4 nitrogen and oxygen atoms in total. The molecule has 8 aromatic heterocycles. The Kier molecular flexibility index (Phi) is 41.5. The molecule has 0 saturated heterocycles. The Morgan fingerprint density at radius 3 is 0.677 bits per heavy atom. The fourth-order valence-corrected chi connectivity index (χ4v) is 36.2. The molecule has 0 atom stereocenters. The van der Waals surface area contributed by atoms with Crippen molar-refractivity contribution in [1.82, 2.24) is 0 Å². The summed E-state index contributed by atoms with van der Waals surface area (Å²) in [6.07, 6.45) is 20.5. The zero-order valence-corrected chi connectivity index (χ0v) is 81.1. The summed E-state index contributed by atoms with van der Waals surface area (Å²) in [5, 5.41) is 24.2. The van der Waals surface area contributed by atoms with Gasteiger partial charge in [-0.25, -0.2) is 0 Å². The largest absolute Gasteiger partial charge is 1.00 e. The third-order valence-corrected chi connectivity index (χ3v) is 44.9. The van der Waals surface area contributed by atoms with Crippen LogP contribution in [0.15, 0.2) is 381 Å². The minimum absolute atomic E-state index is 0. The van der Waals surface area contributed by atoms with Gasteiger partial charge in [-0.3, -0.25) is 9.59 Å². The van der Waals surface area contributed by atoms with Crippen molar-refractivity contribution in [1.29, 1.82) is 0 Å². The Hall–Kier alpha value is -8.15. The minimum Gasteiger partial charge on any atom is -0.297 e. The molecule has 0 spiro atoms. The van der Waals surface area contributed by atoms with Crippen LogP contribution in [-0.2, 0) is 28.9 Å². The van der Waals surface area contributed by atoms with E-state index in [-0.39, 0.29) is 37.9 Å². The van der Waals surface area contributed by atoms with Gasteiger partial charge in [0.25, 0.3) is 0 Å². The van der Waals surface area contributed by atoms with Crippen molar-refractivity contribution in [2.24, 2.45) is 0 Å². The van der Waals surface area contributed by atoms with Crippen LogP contribution in [-0.4, -0.2) is 26.0 Å². The van der Waals surface area contributed by atoms with Crippen molar-refractivity contribution in [3.63, 3.8) is 0 Å². The quantitative estimate of drug-likeness (QED) is 0.0394. The number of carbonyl (C=O) groups excluding carboxylic acids is 3. The number of rotatable bonds is 17. The molecule has 9 heterocycles. The molecule has 9 aromatic carbocycles. The predicted octanol–water partition coefficient (Wildman–Crippen LogP) is 25.4. The van der Waals surface area contributed by atoms with Gasteiger partial charge in [0.2, 0.25) is 0 Å². The number of hydrogen-bond donors (Lipinski definition) is 0. The molecule has 0 fully saturated rings. The van der Waals surface area contributed by atoms with Crippen LogP contribution in [0.3, 0.4) is 0 Å². The van der Waals surface area contributed by atoms with Crippen LogP contribution in [0, 0.1) is 0 Å². The van der Waals surface area contributed by atoms with E-state index in [4.69, 9.17) is 55.6 Å². The first-order valence-corrected chi connectivity index (χ1v) is 54.5. The van der Waals surface area contributed by atoms with E-state index in [1.54, 1.807) is 41.7 Å². The zero-order valence-electron chi connectivity index (χ0n) is 68.0. The van der Waals surface area contributed by atoms with Gasteiger partial charge in [-0.1, -0.05) is 110 Å². The molecule has 1 aliphatic rings. The van der Waals surface area contributed by atoms with Crippen molar-refractivity contribution in [2.45, 2.75) is 31.0 Å². The Bertz CT molecular complexity index is 5270. The maximum absolute atomic E-state index is 10.0. The maximum Gasteiger partial charge on any atom is 1.00 e. The Morgan fingerprint density at radius 2 is 0.500 bits per heavy atom. The molecular formula is C103H89Cl5LiO4P3S8. The van der Waals surface area contributed by atoms with Gasteiger partial charge < -0.3 is 9.90 Å². The number of halogens is 5. The fraction of sp³-hybridized carbons (Fsp3) is 0.0583. The normalized spacial score (nSPS) is 12.6. The van der Waals surface area contributed by atoms with Crippen LogP contribution in [0.4, 0.5) is 0 Å². The van der Waals surface area contributed by atoms with E-state index in [0.717, 1.165) is 12.6 Å². The van der Waals surface area contributed by atoms with Crippen molar-refractivity contribution in [3.8, 4) is 0 Å². The first-order chi connectivity index (χ1) is 59.8. The van der Waals surface area contributed by atoms with Gasteiger partial charge in [-0.05, 0) is 156 Å². The van der Waals surface area contributed by atoms with Crippen LogP contribution < -0.4 is 71.7 Å². The summed E-state index contributed by atoms with van der Waals surface area (Å²) < 4.78 is 0. The number of thiophene rings is 8. The summed E-state index contributed by atoms with van der Waals surface area (Å²) in [7, 11) is -0.446. The Labute approximate surface area is 800 Å². The van der Waals surface area contributed by atoms with E-state index in [9.17, 15) is 9.59 Å². The summed E-state index contributed by atoms with van der Waals surface area (Å²) in [6.45, 7) is 3.57. The Morgan fingerprint density at radius 1 is 0.298 bits per heavy atom. The molecule has 0 unspecified atom stereocenters. The minimum atomic E-state index is -3.49. The summed E-state index contributed by atoms with van der Waals surface area (Å²) in [5.41, 5.74) is 0. The number of alkyl halides is 2. The summed E-state index contributed by atoms with van der Waals surface area (Å²) in [5.74, 6) is -5.78. The van der Waals surface area contributed by atoms with E-state index in [2.05, 4.69) is 382 Å². The van der Waals surface area contributed by atoms with Crippen LogP contribution in [0.1, 0.15) is 84.8 Å². The van der Waals surface area contributed by atoms with Gasteiger partial charge in [0.15, 0.2) is 12.6 Å². The first-order valence-electron chi connectivity index (χ1n) is 38.8. The van der Waals surface area contributed by atoms with Crippen molar-refractivity contribution >= 4 is 284 Å². The number of carbonyl (C=O) groups is 3. The third kappa shape index (κ3) is 27.0. The molecule has 1 aliphatic heterocycles. The number of benzene rings is 9. The second-order valence-electron chi connectivity index (χ2n) is 26.9. The van der Waals surface area contributed by atoms with Crippen molar-refractivity contribution < 1.29 is 38.4 Å². The van der Waals surface area contributed by atoms with Gasteiger partial charge in [0.1, 0.15) is 6.79 Å². The number of fused-ring (bicyclic) bond motifs is 8. The summed E-state index contributed by atoms with van der Waals surface area (Å²) in [4.78, 5) is 44.4. The van der Waals surface area contributed by atoms with Gasteiger partial charge in [-0.15, -0.1) is 110 Å². The van der Waals surface area contributed by atoms with E-state index < -0.39 is 19.8 Å². The average Bonchev–Trinajstić information content (AvgIpc) is 1.26. The molecule has 0 radical (unpaired) electrons. The predicted molar refractivity (Wildman–Crippen MR) is 560 cm³/mol. The van der Waals surface area contributed by atoms with Crippen LogP contribution in [0.25, 0.3) is 48.6 Å². The van der Waals surface area contributed by atoms with Crippen LogP contribution in [0.5, 0.6) is 0 Å². The van der Waals surface area contributed by atoms with Gasteiger partial charge in [0, 0.05) is 48.8 Å². The second-order valence-corrected chi connectivity index (χ2v) is 51.6. The SMILES string of the molecule is C1=C\c2ccc(s2)/C=C\c2ccc(s2)/C=C\c2ccc(s2)/C=C\c2ccc/1s2.C=O.CC[O-].Cl.ClCc1ccc(CCl)s1.ClP(Cc1ccc(CP(Cl)(c2ccccc2)(c2ccccc2)c2ccccc2)s1)(c1ccccc1)(c1ccccc1)c1ccccc1.O=Cc1ccc(C=O)s1.[Li+].c1ccc(P(c2ccccc2)c2ccccc2)cc1.c1ccsc1. The molecule has 0 aliphatic carbocycles. The molecule has 8 bridgehead atoms. The van der Waals surface area contributed by atoms with Gasteiger partial charge >= 0.3 is 313 Å². The molecule has 0 saturated carbocycles. The maximum atomic E-state index is 10.0. The van der Waals surface area contributed by atoms with E-state index >= 15 is 0 Å². The summed E-state index contributed by atoms with van der Waals surface area (Å²) in [6, 6.07) is 130. The molecule has 124 heavy (non-hydrogen) atoms. The smallest absolute Gasteiger partial charge is 0.297 e. The van der Waals surface area contributed by atoms with E-state index in [1.807, 2.05) is 98.5 Å².